The zero-order chi connectivity index (χ0) is 12.4. The third-order valence-electron chi connectivity index (χ3n) is 3.15. The van der Waals surface area contributed by atoms with Crippen LogP contribution in [-0.2, 0) is 4.74 Å². The van der Waals surface area contributed by atoms with Gasteiger partial charge in [0.05, 0.1) is 0 Å². The molecule has 2 rings (SSSR count). The van der Waals surface area contributed by atoms with Crippen LogP contribution in [0.15, 0.2) is 12.1 Å². The molecule has 0 bridgehead atoms. The largest absolute Gasteiger partial charge is 0.381 e. The van der Waals surface area contributed by atoms with Gasteiger partial charge in [-0.3, -0.25) is 0 Å². The van der Waals surface area contributed by atoms with Crippen molar-refractivity contribution >= 4 is 0 Å². The van der Waals surface area contributed by atoms with Crippen molar-refractivity contribution in [3.05, 3.63) is 35.1 Å². The van der Waals surface area contributed by atoms with Crippen LogP contribution >= 0.6 is 0 Å². The molecule has 0 aliphatic carbocycles. The van der Waals surface area contributed by atoms with Gasteiger partial charge in [0.25, 0.3) is 0 Å². The van der Waals surface area contributed by atoms with Crippen molar-refractivity contribution < 1.29 is 17.9 Å². The third kappa shape index (κ3) is 2.61. The van der Waals surface area contributed by atoms with Crippen LogP contribution < -0.4 is 5.73 Å². The minimum absolute atomic E-state index is 0.000509. The van der Waals surface area contributed by atoms with E-state index in [9.17, 15) is 13.2 Å². The van der Waals surface area contributed by atoms with E-state index < -0.39 is 23.5 Å². The monoisotopic (exact) mass is 245 g/mol. The molecule has 1 aromatic rings. The van der Waals surface area contributed by atoms with Crippen molar-refractivity contribution in [3.8, 4) is 0 Å². The van der Waals surface area contributed by atoms with Crippen molar-refractivity contribution in [1.82, 2.24) is 0 Å². The number of hydrogen-bond donors (Lipinski definition) is 1. The van der Waals surface area contributed by atoms with Gasteiger partial charge in [-0.05, 0) is 24.8 Å². The Hall–Kier alpha value is -1.07. The van der Waals surface area contributed by atoms with E-state index in [1.807, 2.05) is 0 Å². The van der Waals surface area contributed by atoms with Gasteiger partial charge in [0, 0.05) is 30.9 Å². The number of hydrogen-bond acceptors (Lipinski definition) is 2. The minimum Gasteiger partial charge on any atom is -0.381 e. The molecule has 94 valence electrons. The molecule has 0 spiro atoms. The molecule has 2 N–H and O–H groups in total. The summed E-state index contributed by atoms with van der Waals surface area (Å²) in [5.41, 5.74) is 5.79. The highest BCUT2D eigenvalue weighted by Gasteiger charge is 2.26. The summed E-state index contributed by atoms with van der Waals surface area (Å²) in [6.07, 6.45) is 1.36. The maximum atomic E-state index is 13.5. The zero-order valence-corrected chi connectivity index (χ0v) is 9.26. The van der Waals surface area contributed by atoms with Gasteiger partial charge in [-0.2, -0.15) is 0 Å². The Morgan fingerprint density at radius 1 is 1.18 bits per heavy atom. The molecule has 1 aliphatic rings. The van der Waals surface area contributed by atoms with Gasteiger partial charge in [0.1, 0.15) is 5.82 Å². The first-order valence-corrected chi connectivity index (χ1v) is 5.57. The fraction of sp³-hybridized carbons (Fsp3) is 0.500. The molecule has 0 amide bonds. The molecule has 0 saturated carbocycles. The molecule has 1 aliphatic heterocycles. The second-order valence-electron chi connectivity index (χ2n) is 4.27. The molecule has 17 heavy (non-hydrogen) atoms. The van der Waals surface area contributed by atoms with Crippen LogP contribution in [0.5, 0.6) is 0 Å². The molecule has 0 unspecified atom stereocenters. The van der Waals surface area contributed by atoms with E-state index in [1.165, 1.54) is 0 Å². The second-order valence-corrected chi connectivity index (χ2v) is 4.27. The number of nitrogens with two attached hydrogens (primary N) is 1. The lowest BCUT2D eigenvalue weighted by molar-refractivity contribution is 0.0579. The summed E-state index contributed by atoms with van der Waals surface area (Å²) in [6, 6.07) is 0.803. The average Bonchev–Trinajstić information content (AvgIpc) is 2.34. The molecule has 1 saturated heterocycles. The number of halogens is 3. The van der Waals surface area contributed by atoms with Crippen LogP contribution in [0.2, 0.25) is 0 Å². The molecular weight excluding hydrogens is 231 g/mol. The summed E-state index contributed by atoms with van der Waals surface area (Å²) in [4.78, 5) is 0. The average molecular weight is 245 g/mol. The van der Waals surface area contributed by atoms with E-state index in [0.29, 0.717) is 32.1 Å². The molecule has 0 aromatic heterocycles. The highest BCUT2D eigenvalue weighted by atomic mass is 19.2. The number of ether oxygens (including phenoxy) is 1. The molecular formula is C12H14F3NO. The Bertz CT molecular complexity index is 405. The molecule has 1 aromatic carbocycles. The molecule has 5 heteroatoms. The molecule has 1 fully saturated rings. The van der Waals surface area contributed by atoms with Crippen molar-refractivity contribution in [1.29, 1.82) is 0 Å². The highest BCUT2D eigenvalue weighted by molar-refractivity contribution is 5.24. The Balaban J connectivity index is 2.26. The lowest BCUT2D eigenvalue weighted by Crippen LogP contribution is -2.28. The Morgan fingerprint density at radius 3 is 2.47 bits per heavy atom. The van der Waals surface area contributed by atoms with Crippen molar-refractivity contribution in [3.63, 3.8) is 0 Å². The first kappa shape index (κ1) is 12.4. The summed E-state index contributed by atoms with van der Waals surface area (Å²) in [6.45, 7) is 1.11. The quantitative estimate of drug-likeness (QED) is 0.812. The maximum absolute atomic E-state index is 13.5. The predicted octanol–water partition coefficient (Wildman–Crippen LogP) is 2.53. The number of benzene rings is 1. The Kier molecular flexibility index (Phi) is 3.69. The Labute approximate surface area is 97.6 Å². The van der Waals surface area contributed by atoms with Crippen LogP contribution in [-0.4, -0.2) is 13.2 Å². The fourth-order valence-corrected chi connectivity index (χ4v) is 2.15. The topological polar surface area (TPSA) is 35.2 Å². The van der Waals surface area contributed by atoms with Gasteiger partial charge in [-0.1, -0.05) is 0 Å². The third-order valence-corrected chi connectivity index (χ3v) is 3.15. The zero-order valence-electron chi connectivity index (χ0n) is 9.26. The van der Waals surface area contributed by atoms with Crippen LogP contribution in [0.4, 0.5) is 13.2 Å². The van der Waals surface area contributed by atoms with Crippen molar-refractivity contribution in [2.24, 2.45) is 11.7 Å². The lowest BCUT2D eigenvalue weighted by Gasteiger charge is -2.28. The van der Waals surface area contributed by atoms with Gasteiger partial charge in [0.2, 0.25) is 0 Å². The second kappa shape index (κ2) is 5.06. The van der Waals surface area contributed by atoms with E-state index in [0.717, 1.165) is 6.07 Å². The van der Waals surface area contributed by atoms with Crippen LogP contribution in [0.25, 0.3) is 0 Å². The van der Waals surface area contributed by atoms with E-state index >= 15 is 0 Å². The first-order chi connectivity index (χ1) is 8.09. The van der Waals surface area contributed by atoms with Gasteiger partial charge >= 0.3 is 0 Å². The van der Waals surface area contributed by atoms with Crippen LogP contribution in [0.3, 0.4) is 0 Å². The molecule has 0 radical (unpaired) electrons. The first-order valence-electron chi connectivity index (χ1n) is 5.57. The van der Waals surface area contributed by atoms with E-state index in [1.54, 1.807) is 0 Å². The predicted molar refractivity (Wildman–Crippen MR) is 56.8 cm³/mol. The van der Waals surface area contributed by atoms with E-state index in [-0.39, 0.29) is 11.5 Å². The summed E-state index contributed by atoms with van der Waals surface area (Å²) in [5.74, 6) is -3.05. The molecule has 1 atom stereocenters. The summed E-state index contributed by atoms with van der Waals surface area (Å²) in [5, 5.41) is 0. The number of rotatable bonds is 2. The maximum Gasteiger partial charge on any atom is 0.163 e. The van der Waals surface area contributed by atoms with Gasteiger partial charge < -0.3 is 10.5 Å². The summed E-state index contributed by atoms with van der Waals surface area (Å²) < 4.78 is 44.8. The normalized spacial score (nSPS) is 19.3. The van der Waals surface area contributed by atoms with E-state index in [2.05, 4.69) is 0 Å². The minimum atomic E-state index is -1.19. The standard InChI is InChI=1S/C12H14F3NO/c13-8-5-9(11(15)10(14)6-8)12(16)7-1-3-17-4-2-7/h5-7,12H,1-4,16H2/t12-/m1/s1. The lowest BCUT2D eigenvalue weighted by atomic mass is 9.87. The molecule has 2 nitrogen and oxygen atoms in total. The summed E-state index contributed by atoms with van der Waals surface area (Å²) in [7, 11) is 0. The van der Waals surface area contributed by atoms with E-state index in [4.69, 9.17) is 10.5 Å². The SMILES string of the molecule is N[C@@H](c1cc(F)cc(F)c1F)C1CCOCC1. The van der Waals surface area contributed by atoms with Gasteiger partial charge in [-0.25, -0.2) is 13.2 Å². The molecule has 1 heterocycles. The summed E-state index contributed by atoms with van der Waals surface area (Å²) >= 11 is 0. The van der Waals surface area contributed by atoms with Crippen LogP contribution in [0, 0.1) is 23.4 Å². The highest BCUT2D eigenvalue weighted by Crippen LogP contribution is 2.30. The Morgan fingerprint density at radius 2 is 1.82 bits per heavy atom. The van der Waals surface area contributed by atoms with Gasteiger partial charge in [0.15, 0.2) is 11.6 Å². The van der Waals surface area contributed by atoms with Crippen molar-refractivity contribution in [2.75, 3.05) is 13.2 Å². The fourth-order valence-electron chi connectivity index (χ4n) is 2.15. The van der Waals surface area contributed by atoms with Gasteiger partial charge in [-0.15, -0.1) is 0 Å². The smallest absolute Gasteiger partial charge is 0.163 e. The van der Waals surface area contributed by atoms with Crippen LogP contribution in [0.1, 0.15) is 24.4 Å². The van der Waals surface area contributed by atoms with Crippen molar-refractivity contribution in [2.45, 2.75) is 18.9 Å².